The molecular weight excluding hydrogens is 566 g/mol. The van der Waals surface area contributed by atoms with Crippen molar-refractivity contribution in [3.63, 3.8) is 0 Å². The Morgan fingerprint density at radius 3 is 2.27 bits per heavy atom. The van der Waals surface area contributed by atoms with Crippen molar-refractivity contribution in [1.82, 2.24) is 10.2 Å². The van der Waals surface area contributed by atoms with Crippen LogP contribution in [0, 0.1) is 5.92 Å². The fraction of sp³-hybridized carbons (Fsp3) is 0.333. The lowest BCUT2D eigenvalue weighted by Crippen LogP contribution is -2.51. The number of sulfonamides is 1. The molecule has 0 aliphatic carbocycles. The molecule has 3 aromatic rings. The molecular formula is C30H36ClN3O6S. The number of ether oxygens (including phenoxy) is 2. The monoisotopic (exact) mass is 601 g/mol. The lowest BCUT2D eigenvalue weighted by atomic mass is 10.1. The predicted molar refractivity (Wildman–Crippen MR) is 160 cm³/mol. The fourth-order valence-corrected chi connectivity index (χ4v) is 5.70. The number of nitrogens with one attached hydrogen (secondary N) is 1. The Hall–Kier alpha value is -3.76. The number of methoxy groups -OCH3 is 2. The zero-order chi connectivity index (χ0) is 30.2. The van der Waals surface area contributed by atoms with Crippen LogP contribution in [0.3, 0.4) is 0 Å². The van der Waals surface area contributed by atoms with E-state index in [-0.39, 0.29) is 39.7 Å². The van der Waals surface area contributed by atoms with Gasteiger partial charge in [-0.15, -0.1) is 0 Å². The average molecular weight is 602 g/mol. The van der Waals surface area contributed by atoms with E-state index in [2.05, 4.69) is 5.32 Å². The molecule has 11 heteroatoms. The molecule has 0 saturated carbocycles. The molecule has 0 fully saturated rings. The van der Waals surface area contributed by atoms with E-state index in [1.807, 2.05) is 13.8 Å². The van der Waals surface area contributed by atoms with E-state index in [4.69, 9.17) is 21.1 Å². The quantitative estimate of drug-likeness (QED) is 0.303. The Morgan fingerprint density at radius 1 is 0.927 bits per heavy atom. The van der Waals surface area contributed by atoms with Crippen LogP contribution in [-0.4, -0.2) is 58.5 Å². The maximum atomic E-state index is 14.1. The molecule has 41 heavy (non-hydrogen) atoms. The van der Waals surface area contributed by atoms with Gasteiger partial charge in [0.05, 0.1) is 24.8 Å². The zero-order valence-electron chi connectivity index (χ0n) is 23.8. The van der Waals surface area contributed by atoms with E-state index in [0.717, 1.165) is 4.31 Å². The maximum absolute atomic E-state index is 14.1. The summed E-state index contributed by atoms with van der Waals surface area (Å²) < 4.78 is 39.6. The number of benzene rings is 3. The highest BCUT2D eigenvalue weighted by Gasteiger charge is 2.34. The van der Waals surface area contributed by atoms with Gasteiger partial charge in [0.1, 0.15) is 24.1 Å². The van der Waals surface area contributed by atoms with Crippen molar-refractivity contribution in [3.8, 4) is 11.5 Å². The zero-order valence-corrected chi connectivity index (χ0v) is 25.4. The number of anilines is 1. The van der Waals surface area contributed by atoms with Crippen molar-refractivity contribution < 1.29 is 27.5 Å². The third kappa shape index (κ3) is 8.14. The number of rotatable bonds is 13. The Bertz CT molecular complexity index is 1450. The van der Waals surface area contributed by atoms with Crippen molar-refractivity contribution >= 4 is 39.1 Å². The molecule has 0 heterocycles. The van der Waals surface area contributed by atoms with Gasteiger partial charge in [-0.3, -0.25) is 13.9 Å². The van der Waals surface area contributed by atoms with Crippen molar-refractivity contribution in [2.75, 3.05) is 31.6 Å². The number of carbonyl (C=O) groups excluding carboxylic acids is 2. The first-order chi connectivity index (χ1) is 19.5. The Morgan fingerprint density at radius 2 is 1.63 bits per heavy atom. The predicted octanol–water partition coefficient (Wildman–Crippen LogP) is 4.74. The van der Waals surface area contributed by atoms with Gasteiger partial charge >= 0.3 is 0 Å². The summed E-state index contributed by atoms with van der Waals surface area (Å²) in [6.07, 6.45) is 0. The topological polar surface area (TPSA) is 105 Å². The first-order valence-electron chi connectivity index (χ1n) is 13.1. The van der Waals surface area contributed by atoms with Gasteiger partial charge in [0.15, 0.2) is 0 Å². The minimum atomic E-state index is -4.26. The molecule has 1 atom stereocenters. The van der Waals surface area contributed by atoms with Crippen LogP contribution in [0.1, 0.15) is 26.3 Å². The first-order valence-corrected chi connectivity index (χ1v) is 14.9. The number of hydrogen-bond acceptors (Lipinski definition) is 6. The summed E-state index contributed by atoms with van der Waals surface area (Å²) in [5.74, 6) is 0.0531. The second-order valence-corrected chi connectivity index (χ2v) is 12.1. The smallest absolute Gasteiger partial charge is 0.264 e. The molecule has 0 aliphatic rings. The van der Waals surface area contributed by atoms with Gasteiger partial charge in [-0.05, 0) is 60.9 Å². The van der Waals surface area contributed by atoms with Gasteiger partial charge in [-0.2, -0.15) is 0 Å². The second-order valence-electron chi connectivity index (χ2n) is 9.83. The SMILES string of the molecule is COc1cccc(CN(C(=O)CN(c2cc(Cl)ccc2OC)S(=O)(=O)c2ccccc2)C(C)C(=O)NCC(C)C)c1. The van der Waals surface area contributed by atoms with Crippen LogP contribution in [0.2, 0.25) is 5.02 Å². The summed E-state index contributed by atoms with van der Waals surface area (Å²) in [6.45, 7) is 5.41. The van der Waals surface area contributed by atoms with E-state index in [9.17, 15) is 18.0 Å². The highest BCUT2D eigenvalue weighted by molar-refractivity contribution is 7.92. The number of nitrogens with zero attached hydrogens (tertiary/aromatic N) is 2. The molecule has 3 rings (SSSR count). The minimum absolute atomic E-state index is 0.0168. The Kier molecular flexibility index (Phi) is 11.0. The normalized spacial score (nSPS) is 12.0. The highest BCUT2D eigenvalue weighted by atomic mass is 35.5. The van der Waals surface area contributed by atoms with Gasteiger partial charge < -0.3 is 19.7 Å². The molecule has 0 spiro atoms. The van der Waals surface area contributed by atoms with E-state index in [1.165, 1.54) is 43.4 Å². The van der Waals surface area contributed by atoms with Crippen molar-refractivity contribution in [3.05, 3.63) is 83.4 Å². The molecule has 3 aromatic carbocycles. The minimum Gasteiger partial charge on any atom is -0.497 e. The van der Waals surface area contributed by atoms with Crippen LogP contribution < -0.4 is 19.1 Å². The van der Waals surface area contributed by atoms with Crippen LogP contribution in [0.25, 0.3) is 0 Å². The van der Waals surface area contributed by atoms with E-state index >= 15 is 0 Å². The molecule has 1 unspecified atom stereocenters. The molecule has 9 nitrogen and oxygen atoms in total. The molecule has 0 saturated heterocycles. The largest absolute Gasteiger partial charge is 0.497 e. The third-order valence-corrected chi connectivity index (χ3v) is 8.37. The number of amides is 2. The Labute approximate surface area is 247 Å². The highest BCUT2D eigenvalue weighted by Crippen LogP contribution is 2.35. The number of hydrogen-bond donors (Lipinski definition) is 1. The van der Waals surface area contributed by atoms with Crippen LogP contribution >= 0.6 is 11.6 Å². The molecule has 0 bridgehead atoms. The van der Waals surface area contributed by atoms with E-state index in [1.54, 1.807) is 55.5 Å². The standard InChI is InChI=1S/C30H36ClN3O6S/c1-21(2)18-32-30(36)22(3)33(19-23-10-9-11-25(16-23)39-4)29(35)20-34(27-17-24(31)14-15-28(27)40-5)41(37,38)26-12-7-6-8-13-26/h6-17,21-22H,18-20H2,1-5H3,(H,32,36). The van der Waals surface area contributed by atoms with Crippen molar-refractivity contribution in [2.24, 2.45) is 5.92 Å². The van der Waals surface area contributed by atoms with Crippen LogP contribution in [-0.2, 0) is 26.2 Å². The van der Waals surface area contributed by atoms with Crippen LogP contribution in [0.15, 0.2) is 77.7 Å². The van der Waals surface area contributed by atoms with Crippen LogP contribution in [0.4, 0.5) is 5.69 Å². The van der Waals surface area contributed by atoms with E-state index < -0.39 is 28.5 Å². The Balaban J connectivity index is 2.08. The van der Waals surface area contributed by atoms with E-state index in [0.29, 0.717) is 17.9 Å². The lowest BCUT2D eigenvalue weighted by molar-refractivity contribution is -0.139. The summed E-state index contributed by atoms with van der Waals surface area (Å²) in [6, 6.07) is 18.5. The lowest BCUT2D eigenvalue weighted by Gasteiger charge is -2.32. The van der Waals surface area contributed by atoms with Gasteiger partial charge in [0.25, 0.3) is 10.0 Å². The second kappa shape index (κ2) is 14.2. The molecule has 0 aliphatic heterocycles. The molecule has 220 valence electrons. The van der Waals surface area contributed by atoms with Gasteiger partial charge in [0, 0.05) is 18.1 Å². The summed E-state index contributed by atoms with van der Waals surface area (Å²) in [5, 5.41) is 3.13. The number of carbonyl (C=O) groups is 2. The summed E-state index contributed by atoms with van der Waals surface area (Å²) in [4.78, 5) is 28.5. The molecule has 0 radical (unpaired) electrons. The fourth-order valence-electron chi connectivity index (χ4n) is 4.09. The van der Waals surface area contributed by atoms with Gasteiger partial charge in [-0.1, -0.05) is 55.8 Å². The third-order valence-electron chi connectivity index (χ3n) is 6.36. The first kappa shape index (κ1) is 31.8. The molecule has 1 N–H and O–H groups in total. The summed E-state index contributed by atoms with van der Waals surface area (Å²) in [7, 11) is -1.32. The van der Waals surface area contributed by atoms with Crippen molar-refractivity contribution in [1.29, 1.82) is 0 Å². The molecule has 2 amide bonds. The number of halogens is 1. The van der Waals surface area contributed by atoms with Crippen LogP contribution in [0.5, 0.6) is 11.5 Å². The van der Waals surface area contributed by atoms with Gasteiger partial charge in [-0.25, -0.2) is 8.42 Å². The molecule has 0 aromatic heterocycles. The van der Waals surface area contributed by atoms with Crippen molar-refractivity contribution in [2.45, 2.75) is 38.3 Å². The summed E-state index contributed by atoms with van der Waals surface area (Å²) >= 11 is 6.26. The average Bonchev–Trinajstić information content (AvgIpc) is 2.97. The summed E-state index contributed by atoms with van der Waals surface area (Å²) in [5.41, 5.74) is 0.800. The van der Waals surface area contributed by atoms with Gasteiger partial charge in [0.2, 0.25) is 11.8 Å². The maximum Gasteiger partial charge on any atom is 0.264 e.